The molecule has 192 valence electrons. The Balaban J connectivity index is 2.02. The number of H-pyrrole nitrogens is 1. The minimum atomic E-state index is -1.40. The highest BCUT2D eigenvalue weighted by atomic mass is 79.9. The van der Waals surface area contributed by atoms with Crippen molar-refractivity contribution in [2.75, 3.05) is 6.61 Å². The van der Waals surface area contributed by atoms with Crippen molar-refractivity contribution in [3.63, 3.8) is 0 Å². The minimum absolute atomic E-state index is 0.0192. The van der Waals surface area contributed by atoms with Gasteiger partial charge in [0, 0.05) is 0 Å². The molecule has 1 saturated heterocycles. The van der Waals surface area contributed by atoms with Gasteiger partial charge in [-0.1, -0.05) is 0 Å². The lowest BCUT2D eigenvalue weighted by molar-refractivity contribution is -0.169. The van der Waals surface area contributed by atoms with E-state index in [1.807, 2.05) is 0 Å². The highest BCUT2D eigenvalue weighted by Gasteiger charge is 2.49. The maximum atomic E-state index is 12.6. The molecule has 3 heterocycles. The Labute approximate surface area is 209 Å². The van der Waals surface area contributed by atoms with E-state index in [-0.39, 0.29) is 33.3 Å². The first-order valence-electron chi connectivity index (χ1n) is 10.9. The van der Waals surface area contributed by atoms with Crippen LogP contribution in [0.2, 0.25) is 0 Å². The van der Waals surface area contributed by atoms with Crippen molar-refractivity contribution in [2.45, 2.75) is 66.1 Å². The molecule has 35 heavy (non-hydrogen) atoms. The number of hydrogen-bond donors (Lipinski definition) is 4. The summed E-state index contributed by atoms with van der Waals surface area (Å²) < 4.78 is 18.6. The molecule has 1 unspecified atom stereocenters. The number of carbonyl (C=O) groups excluding carboxylic acids is 3. The number of rotatable bonds is 5. The van der Waals surface area contributed by atoms with E-state index in [2.05, 4.69) is 25.9 Å². The number of nitrogens with zero attached hydrogens (tertiary/aromatic N) is 2. The predicted octanol–water partition coefficient (Wildman–Crippen LogP) is 1.51. The first kappa shape index (κ1) is 26.8. The molecule has 1 fully saturated rings. The number of aromatic nitrogens is 3. The summed E-state index contributed by atoms with van der Waals surface area (Å²) in [5.41, 5.74) is 3.86. The van der Waals surface area contributed by atoms with Gasteiger partial charge in [-0.3, -0.25) is 24.4 Å². The Morgan fingerprint density at radius 2 is 1.83 bits per heavy atom. The smallest absolute Gasteiger partial charge is 0.311 e. The molecule has 2 aromatic rings. The number of halogens is 1. The predicted molar refractivity (Wildman–Crippen MR) is 126 cm³/mol. The number of fused-ring (bicyclic) bond motifs is 1. The molecule has 0 radical (unpaired) electrons. The molecule has 1 amide bonds. The minimum Gasteiger partial charge on any atom is -0.462 e. The van der Waals surface area contributed by atoms with Gasteiger partial charge < -0.3 is 30.0 Å². The number of hydrogen-bond acceptors (Lipinski definition) is 9. The third kappa shape index (κ3) is 5.26. The van der Waals surface area contributed by atoms with Crippen molar-refractivity contribution >= 4 is 44.8 Å². The normalized spacial score (nSPS) is 22.9. The number of aromatic amines is 1. The molecule has 0 spiro atoms. The van der Waals surface area contributed by atoms with E-state index in [1.54, 1.807) is 41.5 Å². The number of nitrogens with two attached hydrogens (primary N) is 1. The second-order valence-electron chi connectivity index (χ2n) is 10.4. The zero-order chi connectivity index (χ0) is 26.5. The molecule has 13 heteroatoms. The van der Waals surface area contributed by atoms with E-state index < -0.39 is 53.2 Å². The molecule has 3 rings (SSSR count). The average molecular weight is 556 g/mol. The standard InChI is InChI=1S/C22H30BrN5O7/c1-21(2,3)19(31)33-7-9-13(35-20(32)22(4,5)6)12(29)18(34-9)28-8-26-15(24)11-10(16(25)30)14(23)27-17(11)28/h8-9,12-13,18,24,27,29H,7H2,1-6H3,(H2,25,30)/t9-,12+,13?,18-/m0/s1. The number of primary amides is 1. The first-order chi connectivity index (χ1) is 16.0. The largest absolute Gasteiger partial charge is 0.462 e. The van der Waals surface area contributed by atoms with Crippen LogP contribution in [-0.2, 0) is 23.8 Å². The fraction of sp³-hybridized carbons (Fsp3) is 0.591. The lowest BCUT2D eigenvalue weighted by Gasteiger charge is -2.26. The molecule has 1 aliphatic heterocycles. The second-order valence-corrected chi connectivity index (χ2v) is 11.2. The van der Waals surface area contributed by atoms with Crippen molar-refractivity contribution in [3.05, 3.63) is 22.0 Å². The van der Waals surface area contributed by atoms with Crippen LogP contribution in [0.1, 0.15) is 58.1 Å². The number of carbonyl (C=O) groups is 3. The molecular weight excluding hydrogens is 526 g/mol. The second kappa shape index (κ2) is 9.36. The highest BCUT2D eigenvalue weighted by molar-refractivity contribution is 9.10. The maximum absolute atomic E-state index is 12.6. The molecule has 5 N–H and O–H groups in total. The number of aliphatic hydroxyl groups excluding tert-OH is 1. The number of esters is 2. The number of nitrogens with one attached hydrogen (secondary N) is 2. The summed E-state index contributed by atoms with van der Waals surface area (Å²) in [6, 6.07) is 0. The van der Waals surface area contributed by atoms with Crippen LogP contribution in [0.3, 0.4) is 0 Å². The summed E-state index contributed by atoms with van der Waals surface area (Å²) >= 11 is 3.23. The zero-order valence-electron chi connectivity index (χ0n) is 20.3. The van der Waals surface area contributed by atoms with Crippen LogP contribution in [0, 0.1) is 16.2 Å². The van der Waals surface area contributed by atoms with E-state index in [9.17, 15) is 19.5 Å². The van der Waals surface area contributed by atoms with Crippen LogP contribution >= 0.6 is 15.9 Å². The van der Waals surface area contributed by atoms with Crippen molar-refractivity contribution in [1.29, 1.82) is 5.41 Å². The quantitative estimate of drug-likeness (QED) is 0.400. The van der Waals surface area contributed by atoms with Gasteiger partial charge in [0.05, 0.1) is 26.4 Å². The lowest BCUT2D eigenvalue weighted by Crippen LogP contribution is -2.41. The van der Waals surface area contributed by atoms with Crippen LogP contribution in [0.5, 0.6) is 0 Å². The molecule has 0 aliphatic carbocycles. The summed E-state index contributed by atoms with van der Waals surface area (Å²) in [4.78, 5) is 43.8. The van der Waals surface area contributed by atoms with E-state index in [1.165, 1.54) is 10.9 Å². The summed E-state index contributed by atoms with van der Waals surface area (Å²) in [7, 11) is 0. The van der Waals surface area contributed by atoms with Gasteiger partial charge in [-0.05, 0) is 57.5 Å². The summed E-state index contributed by atoms with van der Waals surface area (Å²) in [5, 5.41) is 19.4. The van der Waals surface area contributed by atoms with Crippen molar-refractivity contribution in [2.24, 2.45) is 16.6 Å². The van der Waals surface area contributed by atoms with Crippen molar-refractivity contribution < 1.29 is 33.7 Å². The topological polar surface area (TPSA) is 183 Å². The van der Waals surface area contributed by atoms with Gasteiger partial charge in [-0.15, -0.1) is 0 Å². The van der Waals surface area contributed by atoms with Gasteiger partial charge in [-0.2, -0.15) is 0 Å². The monoisotopic (exact) mass is 555 g/mol. The summed E-state index contributed by atoms with van der Waals surface area (Å²) in [6.45, 7) is 9.81. The number of aliphatic hydroxyl groups is 1. The Bertz CT molecular complexity index is 1220. The summed E-state index contributed by atoms with van der Waals surface area (Å²) in [6.07, 6.45) is -3.48. The van der Waals surface area contributed by atoms with Crippen molar-refractivity contribution in [1.82, 2.24) is 14.5 Å². The van der Waals surface area contributed by atoms with Crippen LogP contribution in [0.4, 0.5) is 0 Å². The van der Waals surface area contributed by atoms with Crippen LogP contribution in [0.15, 0.2) is 10.9 Å². The molecule has 12 nitrogen and oxygen atoms in total. The Morgan fingerprint density at radius 1 is 1.23 bits per heavy atom. The van der Waals surface area contributed by atoms with E-state index in [0.29, 0.717) is 0 Å². The Kier molecular flexibility index (Phi) is 7.17. The fourth-order valence-electron chi connectivity index (χ4n) is 3.45. The molecule has 2 aromatic heterocycles. The Morgan fingerprint density at radius 3 is 2.37 bits per heavy atom. The number of amides is 1. The molecule has 1 aliphatic rings. The van der Waals surface area contributed by atoms with Crippen molar-refractivity contribution in [3.8, 4) is 0 Å². The Hall–Kier alpha value is -2.77. The molecule has 0 saturated carbocycles. The maximum Gasteiger partial charge on any atom is 0.311 e. The van der Waals surface area contributed by atoms with Crippen LogP contribution < -0.4 is 11.2 Å². The average Bonchev–Trinajstić information content (AvgIpc) is 3.23. The van der Waals surface area contributed by atoms with E-state index in [4.69, 9.17) is 25.4 Å². The number of ether oxygens (including phenoxy) is 3. The lowest BCUT2D eigenvalue weighted by atomic mass is 9.97. The van der Waals surface area contributed by atoms with Gasteiger partial charge in [0.25, 0.3) is 5.91 Å². The van der Waals surface area contributed by atoms with Crippen LogP contribution in [-0.4, -0.2) is 62.4 Å². The highest BCUT2D eigenvalue weighted by Crippen LogP contribution is 2.35. The fourth-order valence-corrected chi connectivity index (χ4v) is 4.03. The third-order valence-electron chi connectivity index (χ3n) is 5.42. The molecule has 4 atom stereocenters. The van der Waals surface area contributed by atoms with E-state index >= 15 is 0 Å². The molecular formula is C22H30BrN5O7. The first-order valence-corrected chi connectivity index (χ1v) is 11.7. The van der Waals surface area contributed by atoms with Gasteiger partial charge >= 0.3 is 11.9 Å². The summed E-state index contributed by atoms with van der Waals surface area (Å²) in [5.74, 6) is -1.85. The van der Waals surface area contributed by atoms with Gasteiger partial charge in [0.15, 0.2) is 17.8 Å². The molecule has 0 bridgehead atoms. The van der Waals surface area contributed by atoms with Gasteiger partial charge in [0.1, 0.15) is 30.8 Å². The van der Waals surface area contributed by atoms with Gasteiger partial charge in [-0.25, -0.2) is 4.98 Å². The SMILES string of the molecule is CC(C)(C)C(=O)OC[C@@H]1O[C@H](n2cnc(=N)c3c(C(N)=O)c(Br)[nH]c32)[C@H](O)C1OC(=O)C(C)(C)C. The molecule has 0 aromatic carbocycles. The van der Waals surface area contributed by atoms with E-state index in [0.717, 1.165) is 0 Å². The van der Waals surface area contributed by atoms with Crippen LogP contribution in [0.25, 0.3) is 11.0 Å². The van der Waals surface area contributed by atoms with Gasteiger partial charge in [0.2, 0.25) is 0 Å². The third-order valence-corrected chi connectivity index (χ3v) is 6.01. The zero-order valence-corrected chi connectivity index (χ0v) is 21.9.